The van der Waals surface area contributed by atoms with E-state index in [0.29, 0.717) is 5.56 Å². The van der Waals surface area contributed by atoms with E-state index in [9.17, 15) is 27.5 Å². The maximum atomic E-state index is 13.9. The largest absolute Gasteiger partial charge is 0.480 e. The van der Waals surface area contributed by atoms with Crippen LogP contribution in [0.25, 0.3) is 10.6 Å². The number of anilines is 1. The lowest BCUT2D eigenvalue weighted by molar-refractivity contribution is -0.141. The molecule has 46 heavy (non-hydrogen) atoms. The van der Waals surface area contributed by atoms with Crippen LogP contribution in [0, 0.1) is 11.2 Å². The Morgan fingerprint density at radius 3 is 2.15 bits per heavy atom. The van der Waals surface area contributed by atoms with Gasteiger partial charge in [0.05, 0.1) is 17.1 Å². The Morgan fingerprint density at radius 2 is 1.61 bits per heavy atom. The Hall–Kier alpha value is -4.20. The molecule has 0 saturated carbocycles. The van der Waals surface area contributed by atoms with Crippen LogP contribution in [0.4, 0.5) is 15.0 Å². The quantitative estimate of drug-likeness (QED) is 0.192. The van der Waals surface area contributed by atoms with Gasteiger partial charge >= 0.3 is 12.1 Å². The number of ether oxygens (including phenoxy) is 1. The van der Waals surface area contributed by atoms with E-state index in [-0.39, 0.29) is 29.5 Å². The minimum absolute atomic E-state index is 0.0130. The summed E-state index contributed by atoms with van der Waals surface area (Å²) < 4.78 is 48.3. The summed E-state index contributed by atoms with van der Waals surface area (Å²) in [5.41, 5.74) is -0.0489. The van der Waals surface area contributed by atoms with Crippen molar-refractivity contribution in [2.24, 2.45) is 5.41 Å². The summed E-state index contributed by atoms with van der Waals surface area (Å²) in [4.78, 5) is 35.8. The summed E-state index contributed by atoms with van der Waals surface area (Å²) in [5, 5.41) is 12.9. The molecule has 0 saturated heterocycles. The van der Waals surface area contributed by atoms with Gasteiger partial charge in [0.25, 0.3) is 0 Å². The first-order valence-corrected chi connectivity index (χ1v) is 16.7. The van der Waals surface area contributed by atoms with E-state index >= 15 is 0 Å². The Morgan fingerprint density at radius 1 is 0.957 bits per heavy atom. The second-order valence-electron chi connectivity index (χ2n) is 12.7. The summed E-state index contributed by atoms with van der Waals surface area (Å²) in [5.74, 6) is -1.85. The summed E-state index contributed by atoms with van der Waals surface area (Å²) in [7, 11) is -4.18. The Bertz CT molecular complexity index is 1770. The van der Waals surface area contributed by atoms with Crippen molar-refractivity contribution in [3.63, 3.8) is 0 Å². The van der Waals surface area contributed by atoms with Gasteiger partial charge in [-0.1, -0.05) is 51.1 Å². The number of hydrogen-bond donors (Lipinski definition) is 1. The topological polar surface area (TPSA) is 130 Å². The van der Waals surface area contributed by atoms with E-state index in [4.69, 9.17) is 4.74 Å². The molecule has 1 unspecified atom stereocenters. The molecule has 244 valence electrons. The number of carbonyl (C=O) groups excluding carboxylic acids is 1. The van der Waals surface area contributed by atoms with E-state index in [0.717, 1.165) is 27.6 Å². The standard InChI is InChI=1S/C33H37FN4O6S2/c1-32(2,3)28(30(39)40)38(31(41)44-33(4,5)6)27-9-7-8-25(36-27)21-37(46(42,43)26-16-14-24(34)15-17-26)20-22-10-12-23(13-11-22)29-35-18-19-45-29/h7-19,28H,20-21H2,1-6H3,(H,39,40). The first kappa shape index (κ1) is 34.7. The molecule has 0 bridgehead atoms. The number of pyridine rings is 1. The highest BCUT2D eigenvalue weighted by molar-refractivity contribution is 7.89. The van der Waals surface area contributed by atoms with Gasteiger partial charge in [0.2, 0.25) is 10.0 Å². The summed E-state index contributed by atoms with van der Waals surface area (Å²) in [6.45, 7) is 9.76. The highest BCUT2D eigenvalue weighted by atomic mass is 32.2. The molecule has 4 aromatic rings. The van der Waals surface area contributed by atoms with Gasteiger partial charge in [0.1, 0.15) is 28.3 Å². The average molecular weight is 669 g/mol. The van der Waals surface area contributed by atoms with Gasteiger partial charge in [-0.2, -0.15) is 4.31 Å². The van der Waals surface area contributed by atoms with Crippen LogP contribution in [0.5, 0.6) is 0 Å². The van der Waals surface area contributed by atoms with Crippen molar-refractivity contribution >= 4 is 39.2 Å². The average Bonchev–Trinajstić information content (AvgIpc) is 3.50. The van der Waals surface area contributed by atoms with E-state index < -0.39 is 45.0 Å². The molecular formula is C33H37FN4O6S2. The van der Waals surface area contributed by atoms with Crippen molar-refractivity contribution in [3.05, 3.63) is 95.4 Å². The monoisotopic (exact) mass is 668 g/mol. The van der Waals surface area contributed by atoms with E-state index in [1.165, 1.54) is 33.8 Å². The normalized spacial score (nSPS) is 13.0. The van der Waals surface area contributed by atoms with Crippen molar-refractivity contribution in [2.45, 2.75) is 71.2 Å². The number of amides is 1. The third-order valence-corrected chi connectivity index (χ3v) is 9.35. The van der Waals surface area contributed by atoms with Crippen LogP contribution in [-0.4, -0.2) is 51.5 Å². The lowest BCUT2D eigenvalue weighted by Crippen LogP contribution is -2.54. The van der Waals surface area contributed by atoms with Gasteiger partial charge in [-0.05, 0) is 68.1 Å². The highest BCUT2D eigenvalue weighted by Crippen LogP contribution is 2.31. The molecule has 1 N–H and O–H groups in total. The fourth-order valence-electron chi connectivity index (χ4n) is 4.68. The van der Waals surface area contributed by atoms with Crippen molar-refractivity contribution in [2.75, 3.05) is 4.90 Å². The Labute approximate surface area is 272 Å². The van der Waals surface area contributed by atoms with E-state index in [1.54, 1.807) is 72.0 Å². The van der Waals surface area contributed by atoms with Gasteiger partial charge in [-0.3, -0.25) is 0 Å². The van der Waals surface area contributed by atoms with Gasteiger partial charge in [-0.15, -0.1) is 11.3 Å². The number of carboxylic acid groups (broad SMARTS) is 1. The molecule has 10 nitrogen and oxygen atoms in total. The van der Waals surface area contributed by atoms with Gasteiger partial charge < -0.3 is 9.84 Å². The number of sulfonamides is 1. The fraction of sp³-hybridized carbons (Fsp3) is 0.333. The van der Waals surface area contributed by atoms with Crippen LogP contribution >= 0.6 is 11.3 Å². The van der Waals surface area contributed by atoms with E-state index in [2.05, 4.69) is 9.97 Å². The van der Waals surface area contributed by atoms with Crippen LogP contribution < -0.4 is 4.90 Å². The molecule has 2 heterocycles. The third kappa shape index (κ3) is 8.53. The molecule has 0 spiro atoms. The Kier molecular flexibility index (Phi) is 10.3. The Balaban J connectivity index is 1.75. The van der Waals surface area contributed by atoms with Crippen molar-refractivity contribution in [1.29, 1.82) is 0 Å². The predicted molar refractivity (Wildman–Crippen MR) is 174 cm³/mol. The number of thiazole rings is 1. The minimum Gasteiger partial charge on any atom is -0.480 e. The second-order valence-corrected chi connectivity index (χ2v) is 15.5. The lowest BCUT2D eigenvalue weighted by atomic mass is 9.85. The third-order valence-electron chi connectivity index (χ3n) is 6.72. The van der Waals surface area contributed by atoms with Gasteiger partial charge in [-0.25, -0.2) is 37.3 Å². The smallest absolute Gasteiger partial charge is 0.416 e. The lowest BCUT2D eigenvalue weighted by Gasteiger charge is -2.37. The molecule has 13 heteroatoms. The molecule has 1 amide bonds. The first-order chi connectivity index (χ1) is 21.5. The van der Waals surface area contributed by atoms with Crippen LogP contribution in [0.15, 0.2) is 83.2 Å². The summed E-state index contributed by atoms with van der Waals surface area (Å²) >= 11 is 1.48. The summed E-state index contributed by atoms with van der Waals surface area (Å²) in [6, 6.07) is 15.1. The molecule has 4 rings (SSSR count). The maximum absolute atomic E-state index is 13.9. The predicted octanol–water partition coefficient (Wildman–Crippen LogP) is 6.98. The molecular weight excluding hydrogens is 632 g/mol. The second kappa shape index (κ2) is 13.7. The number of aliphatic carboxylic acids is 1. The molecule has 2 aromatic carbocycles. The molecule has 0 aliphatic heterocycles. The van der Waals surface area contributed by atoms with Crippen LogP contribution in [0.1, 0.15) is 52.8 Å². The van der Waals surface area contributed by atoms with Crippen molar-refractivity contribution in [3.8, 4) is 10.6 Å². The number of carboxylic acids is 1. The van der Waals surface area contributed by atoms with Crippen molar-refractivity contribution < 1.29 is 32.2 Å². The molecule has 0 aliphatic rings. The first-order valence-electron chi connectivity index (χ1n) is 14.4. The maximum Gasteiger partial charge on any atom is 0.416 e. The summed E-state index contributed by atoms with van der Waals surface area (Å²) in [6.07, 6.45) is 0.798. The van der Waals surface area contributed by atoms with Crippen LogP contribution in [0.2, 0.25) is 0 Å². The number of hydrogen-bond acceptors (Lipinski definition) is 8. The zero-order chi connectivity index (χ0) is 33.9. The number of aromatic nitrogens is 2. The number of benzene rings is 2. The van der Waals surface area contributed by atoms with E-state index in [1.807, 2.05) is 17.5 Å². The van der Waals surface area contributed by atoms with Gasteiger partial charge in [0.15, 0.2) is 0 Å². The molecule has 0 radical (unpaired) electrons. The fourth-order valence-corrected chi connectivity index (χ4v) is 6.73. The highest BCUT2D eigenvalue weighted by Gasteiger charge is 2.42. The molecule has 1 atom stereocenters. The number of nitrogens with zero attached hydrogens (tertiary/aromatic N) is 4. The van der Waals surface area contributed by atoms with Gasteiger partial charge in [0, 0.05) is 23.7 Å². The number of halogens is 1. The molecule has 0 fully saturated rings. The molecule has 2 aromatic heterocycles. The SMILES string of the molecule is CC(C)(C)OC(=O)N(c1cccc(CN(Cc2ccc(-c3nccs3)cc2)S(=O)(=O)c2ccc(F)cc2)n1)C(C(=O)O)C(C)(C)C. The zero-order valence-corrected chi connectivity index (χ0v) is 28.1. The molecule has 0 aliphatic carbocycles. The van der Waals surface area contributed by atoms with Crippen LogP contribution in [-0.2, 0) is 32.6 Å². The minimum atomic E-state index is -4.18. The van der Waals surface area contributed by atoms with Crippen molar-refractivity contribution in [1.82, 2.24) is 14.3 Å². The number of carbonyl (C=O) groups is 2. The zero-order valence-electron chi connectivity index (χ0n) is 26.5. The number of rotatable bonds is 10. The van der Waals surface area contributed by atoms with Crippen LogP contribution in [0.3, 0.4) is 0 Å².